The molecule has 28 heavy (non-hydrogen) atoms. The zero-order valence-electron chi connectivity index (χ0n) is 15.4. The van der Waals surface area contributed by atoms with Crippen molar-refractivity contribution < 1.29 is 24.9 Å². The lowest BCUT2D eigenvalue weighted by molar-refractivity contribution is -0.143. The summed E-state index contributed by atoms with van der Waals surface area (Å²) in [6, 6.07) is 6.81. The lowest BCUT2D eigenvalue weighted by Crippen LogP contribution is -2.42. The van der Waals surface area contributed by atoms with Crippen molar-refractivity contribution in [1.82, 2.24) is 9.47 Å². The highest BCUT2D eigenvalue weighted by molar-refractivity contribution is 5.89. The van der Waals surface area contributed by atoms with Crippen molar-refractivity contribution in [2.24, 2.45) is 5.92 Å². The Labute approximate surface area is 161 Å². The van der Waals surface area contributed by atoms with Crippen LogP contribution in [0.15, 0.2) is 48.2 Å². The summed E-state index contributed by atoms with van der Waals surface area (Å²) in [7, 11) is 1.92. The second-order valence-electron chi connectivity index (χ2n) is 7.33. The molecule has 2 aromatic rings. The molecule has 0 fully saturated rings. The fourth-order valence-electron chi connectivity index (χ4n) is 4.76. The molecule has 146 valence electrons. The van der Waals surface area contributed by atoms with Crippen LogP contribution in [0.4, 0.5) is 0 Å². The van der Waals surface area contributed by atoms with E-state index in [-0.39, 0.29) is 18.6 Å². The monoisotopic (exact) mass is 382 g/mol. The number of para-hydroxylation sites is 1. The minimum absolute atomic E-state index is 0.0128. The van der Waals surface area contributed by atoms with E-state index in [9.17, 15) is 19.8 Å². The first-order valence-corrected chi connectivity index (χ1v) is 9.24. The Kier molecular flexibility index (Phi) is 4.47. The minimum Gasteiger partial charge on any atom is -0.480 e. The van der Waals surface area contributed by atoms with Crippen molar-refractivity contribution in [3.8, 4) is 0 Å². The maximum atomic E-state index is 12.3. The van der Waals surface area contributed by atoms with Crippen LogP contribution in [-0.4, -0.2) is 50.4 Å². The number of hydrogen-bond acceptors (Lipinski definition) is 4. The molecule has 0 aliphatic carbocycles. The first-order valence-electron chi connectivity index (χ1n) is 9.24. The van der Waals surface area contributed by atoms with E-state index in [0.29, 0.717) is 18.4 Å². The van der Waals surface area contributed by atoms with Gasteiger partial charge in [-0.25, -0.2) is 9.59 Å². The zero-order valence-corrected chi connectivity index (χ0v) is 15.4. The lowest BCUT2D eigenvalue weighted by Gasteiger charge is -2.45. The van der Waals surface area contributed by atoms with Crippen LogP contribution in [0.1, 0.15) is 29.8 Å². The van der Waals surface area contributed by atoms with Crippen molar-refractivity contribution in [1.29, 1.82) is 0 Å². The van der Waals surface area contributed by atoms with Gasteiger partial charge in [-0.2, -0.15) is 0 Å². The SMILES string of the molecule is CN1C=C(/C=C/C(=O)O)[C@@H]2C[C@H]1c1c(CCO)c3ccccc3n1C2C(=O)O. The maximum Gasteiger partial charge on any atom is 0.328 e. The number of rotatable bonds is 5. The lowest BCUT2D eigenvalue weighted by atomic mass is 9.78. The van der Waals surface area contributed by atoms with E-state index in [1.54, 1.807) is 0 Å². The highest BCUT2D eigenvalue weighted by atomic mass is 16.4. The van der Waals surface area contributed by atoms with Crippen molar-refractivity contribution in [3.05, 3.63) is 59.4 Å². The van der Waals surface area contributed by atoms with E-state index in [1.807, 2.05) is 47.0 Å². The Morgan fingerprint density at radius 3 is 2.68 bits per heavy atom. The molecule has 0 amide bonds. The standard InChI is InChI=1S/C21H22N2O5/c1-22-11-12(6-7-18(25)26)15-10-17(22)19-14(8-9-24)13-4-2-3-5-16(13)23(19)20(15)21(27)28/h2-7,11,15,17,20,24H,8-10H2,1H3,(H,25,26)(H,27,28)/b7-6+/t15-,17-,20?/m0/s1. The summed E-state index contributed by atoms with van der Waals surface area (Å²) in [5.74, 6) is -2.34. The third kappa shape index (κ3) is 2.70. The van der Waals surface area contributed by atoms with Crippen molar-refractivity contribution in [2.45, 2.75) is 24.9 Å². The number of aromatic nitrogens is 1. The van der Waals surface area contributed by atoms with Crippen LogP contribution in [0.25, 0.3) is 10.9 Å². The number of carboxylic acids is 2. The zero-order chi connectivity index (χ0) is 20.0. The summed E-state index contributed by atoms with van der Waals surface area (Å²) in [5, 5.41) is 29.7. The van der Waals surface area contributed by atoms with E-state index in [1.165, 1.54) is 6.08 Å². The summed E-state index contributed by atoms with van der Waals surface area (Å²) in [6.45, 7) is -0.0128. The summed E-state index contributed by atoms with van der Waals surface area (Å²) in [6.07, 6.45) is 5.44. The minimum atomic E-state index is -1.06. The van der Waals surface area contributed by atoms with E-state index < -0.39 is 18.0 Å². The van der Waals surface area contributed by atoms with Gasteiger partial charge in [-0.15, -0.1) is 0 Å². The molecular formula is C21H22N2O5. The van der Waals surface area contributed by atoms with Crippen LogP contribution in [-0.2, 0) is 16.0 Å². The number of carboxylic acid groups (broad SMARTS) is 2. The number of nitrogens with zero attached hydrogens (tertiary/aromatic N) is 2. The average molecular weight is 382 g/mol. The number of aliphatic carboxylic acids is 2. The Morgan fingerprint density at radius 2 is 2.00 bits per heavy atom. The Hall–Kier alpha value is -3.06. The van der Waals surface area contributed by atoms with Gasteiger partial charge in [0.2, 0.25) is 0 Å². The van der Waals surface area contributed by atoms with E-state index in [0.717, 1.165) is 28.2 Å². The number of aliphatic hydroxyl groups excluding tert-OH is 1. The second-order valence-corrected chi connectivity index (χ2v) is 7.33. The van der Waals surface area contributed by atoms with Gasteiger partial charge in [0.05, 0.1) is 6.04 Å². The van der Waals surface area contributed by atoms with Gasteiger partial charge in [0.15, 0.2) is 0 Å². The predicted molar refractivity (Wildman–Crippen MR) is 103 cm³/mol. The second kappa shape index (κ2) is 6.83. The van der Waals surface area contributed by atoms with Crippen LogP contribution >= 0.6 is 0 Å². The molecule has 0 radical (unpaired) electrons. The summed E-state index contributed by atoms with van der Waals surface area (Å²) in [5.41, 5.74) is 3.44. The van der Waals surface area contributed by atoms with Crippen LogP contribution in [0.3, 0.4) is 0 Å². The van der Waals surface area contributed by atoms with Gasteiger partial charge in [-0.1, -0.05) is 24.3 Å². The highest BCUT2D eigenvalue weighted by Gasteiger charge is 2.45. The predicted octanol–water partition coefficient (Wildman–Crippen LogP) is 2.33. The van der Waals surface area contributed by atoms with Gasteiger partial charge in [0, 0.05) is 48.4 Å². The molecule has 1 aromatic heterocycles. The first-order chi connectivity index (χ1) is 13.4. The fourth-order valence-corrected chi connectivity index (χ4v) is 4.76. The molecule has 4 rings (SSSR count). The smallest absolute Gasteiger partial charge is 0.328 e. The van der Waals surface area contributed by atoms with Crippen LogP contribution in [0, 0.1) is 5.92 Å². The topological polar surface area (TPSA) is 103 Å². The molecule has 3 atom stereocenters. The summed E-state index contributed by atoms with van der Waals surface area (Å²) < 4.78 is 1.89. The van der Waals surface area contributed by atoms with E-state index >= 15 is 0 Å². The highest BCUT2D eigenvalue weighted by Crippen LogP contribution is 2.50. The molecule has 2 aliphatic rings. The van der Waals surface area contributed by atoms with Crippen molar-refractivity contribution >= 4 is 22.8 Å². The van der Waals surface area contributed by atoms with Gasteiger partial charge < -0.3 is 24.8 Å². The number of allylic oxidation sites excluding steroid dienone is 2. The van der Waals surface area contributed by atoms with Crippen LogP contribution < -0.4 is 0 Å². The van der Waals surface area contributed by atoms with Crippen LogP contribution in [0.5, 0.6) is 0 Å². The van der Waals surface area contributed by atoms with Gasteiger partial charge in [-0.05, 0) is 30.0 Å². The molecular weight excluding hydrogens is 360 g/mol. The molecule has 2 aliphatic heterocycles. The molecule has 0 saturated heterocycles. The number of aliphatic hydroxyl groups is 1. The van der Waals surface area contributed by atoms with Crippen molar-refractivity contribution in [3.63, 3.8) is 0 Å². The van der Waals surface area contributed by atoms with Gasteiger partial charge in [-0.3, -0.25) is 0 Å². The van der Waals surface area contributed by atoms with E-state index in [4.69, 9.17) is 5.11 Å². The number of carbonyl (C=O) groups is 2. The third-order valence-corrected chi connectivity index (χ3v) is 5.82. The normalized spacial score (nSPS) is 23.7. The average Bonchev–Trinajstić information content (AvgIpc) is 2.98. The Morgan fingerprint density at radius 1 is 1.25 bits per heavy atom. The molecule has 1 aromatic carbocycles. The molecule has 2 bridgehead atoms. The molecule has 0 spiro atoms. The molecule has 3 heterocycles. The quantitative estimate of drug-likeness (QED) is 0.686. The Bertz CT molecular complexity index is 1020. The molecule has 7 heteroatoms. The van der Waals surface area contributed by atoms with Crippen LogP contribution in [0.2, 0.25) is 0 Å². The number of fused-ring (bicyclic) bond motifs is 6. The van der Waals surface area contributed by atoms with E-state index in [2.05, 4.69) is 0 Å². The molecule has 7 nitrogen and oxygen atoms in total. The van der Waals surface area contributed by atoms with Gasteiger partial charge >= 0.3 is 11.9 Å². The van der Waals surface area contributed by atoms with Crippen molar-refractivity contribution in [2.75, 3.05) is 13.7 Å². The first kappa shape index (κ1) is 18.3. The number of hydrogen-bond donors (Lipinski definition) is 3. The fraction of sp³-hybridized carbons (Fsp3) is 0.333. The summed E-state index contributed by atoms with van der Waals surface area (Å²) in [4.78, 5) is 25.3. The van der Waals surface area contributed by atoms with Gasteiger partial charge in [0.1, 0.15) is 6.04 Å². The largest absolute Gasteiger partial charge is 0.480 e. The van der Waals surface area contributed by atoms with Gasteiger partial charge in [0.25, 0.3) is 0 Å². The molecule has 3 N–H and O–H groups in total. The maximum absolute atomic E-state index is 12.3. The molecule has 0 saturated carbocycles. The Balaban J connectivity index is 1.98. The summed E-state index contributed by atoms with van der Waals surface area (Å²) >= 11 is 0. The third-order valence-electron chi connectivity index (χ3n) is 5.82. The number of benzene rings is 1. The molecule has 1 unspecified atom stereocenters.